The molecule has 1 heterocycles. The third kappa shape index (κ3) is 2.97. The van der Waals surface area contributed by atoms with Gasteiger partial charge in [-0.25, -0.2) is 4.79 Å². The summed E-state index contributed by atoms with van der Waals surface area (Å²) < 4.78 is 9.99. The molecule has 20 heavy (non-hydrogen) atoms. The average Bonchev–Trinajstić information content (AvgIpc) is 2.51. The number of hydrogen-bond donors (Lipinski definition) is 2. The van der Waals surface area contributed by atoms with E-state index in [1.165, 1.54) is 7.11 Å². The second kappa shape index (κ2) is 6.49. The third-order valence-corrected chi connectivity index (χ3v) is 3.22. The third-order valence-electron chi connectivity index (χ3n) is 3.22. The highest BCUT2D eigenvalue weighted by molar-refractivity contribution is 5.88. The van der Waals surface area contributed by atoms with Crippen LogP contribution in [0.3, 0.4) is 0 Å². The van der Waals surface area contributed by atoms with Crippen molar-refractivity contribution in [2.75, 3.05) is 20.3 Å². The maximum absolute atomic E-state index is 12.2. The van der Waals surface area contributed by atoms with Gasteiger partial charge >= 0.3 is 5.97 Å². The summed E-state index contributed by atoms with van der Waals surface area (Å²) in [4.78, 5) is 23.6. The Morgan fingerprint density at radius 1 is 1.50 bits per heavy atom. The standard InChI is InChI=1S/C14H17NO5/c1-19-14(18)11(8-16)15-13(17)12-10-5-3-2-4-9(10)6-7-20-12/h2-5,11-12,16H,6-8H2,1H3,(H,15,17). The van der Waals surface area contributed by atoms with Crippen molar-refractivity contribution in [2.45, 2.75) is 18.6 Å². The molecule has 0 spiro atoms. The van der Waals surface area contributed by atoms with Crippen LogP contribution >= 0.6 is 0 Å². The Labute approximate surface area is 116 Å². The number of aliphatic hydroxyl groups excluding tert-OH is 1. The molecule has 0 saturated carbocycles. The van der Waals surface area contributed by atoms with Gasteiger partial charge in [0.25, 0.3) is 5.91 Å². The zero-order chi connectivity index (χ0) is 14.5. The molecule has 1 aromatic carbocycles. The summed E-state index contributed by atoms with van der Waals surface area (Å²) in [7, 11) is 1.20. The van der Waals surface area contributed by atoms with Crippen LogP contribution < -0.4 is 5.32 Å². The number of benzene rings is 1. The van der Waals surface area contributed by atoms with E-state index in [9.17, 15) is 9.59 Å². The summed E-state index contributed by atoms with van der Waals surface area (Å²) in [6, 6.07) is 6.43. The number of hydrogen-bond acceptors (Lipinski definition) is 5. The van der Waals surface area contributed by atoms with Gasteiger partial charge in [0.05, 0.1) is 20.3 Å². The molecule has 2 rings (SSSR count). The van der Waals surface area contributed by atoms with E-state index in [1.54, 1.807) is 0 Å². The number of rotatable bonds is 4. The fourth-order valence-corrected chi connectivity index (χ4v) is 2.18. The van der Waals surface area contributed by atoms with Crippen LogP contribution in [0.4, 0.5) is 0 Å². The minimum atomic E-state index is -1.08. The molecular weight excluding hydrogens is 262 g/mol. The van der Waals surface area contributed by atoms with Gasteiger partial charge in [-0.2, -0.15) is 0 Å². The molecule has 1 aromatic rings. The van der Waals surface area contributed by atoms with Crippen molar-refractivity contribution in [1.82, 2.24) is 5.32 Å². The van der Waals surface area contributed by atoms with Gasteiger partial charge in [0.2, 0.25) is 0 Å². The summed E-state index contributed by atoms with van der Waals surface area (Å²) in [5.74, 6) is -1.15. The zero-order valence-electron chi connectivity index (χ0n) is 11.2. The molecule has 2 atom stereocenters. The molecule has 0 aliphatic carbocycles. The number of aliphatic hydroxyl groups is 1. The van der Waals surface area contributed by atoms with Gasteiger partial charge in [0.15, 0.2) is 12.1 Å². The predicted octanol–water partition coefficient (Wildman–Crippen LogP) is -0.0495. The zero-order valence-corrected chi connectivity index (χ0v) is 11.2. The van der Waals surface area contributed by atoms with Crippen LogP contribution in [-0.4, -0.2) is 43.3 Å². The van der Waals surface area contributed by atoms with Crippen LogP contribution in [0.25, 0.3) is 0 Å². The lowest BCUT2D eigenvalue weighted by atomic mass is 9.97. The number of esters is 1. The van der Waals surface area contributed by atoms with Gasteiger partial charge in [0.1, 0.15) is 0 Å². The Kier molecular flexibility index (Phi) is 4.70. The molecule has 0 aromatic heterocycles. The summed E-state index contributed by atoms with van der Waals surface area (Å²) in [6.45, 7) is -0.0795. The van der Waals surface area contributed by atoms with Gasteiger partial charge in [-0.15, -0.1) is 0 Å². The van der Waals surface area contributed by atoms with Crippen LogP contribution in [0.15, 0.2) is 24.3 Å². The smallest absolute Gasteiger partial charge is 0.330 e. The SMILES string of the molecule is COC(=O)C(CO)NC(=O)C1OCCc2ccccc21. The molecule has 2 N–H and O–H groups in total. The first-order valence-electron chi connectivity index (χ1n) is 6.36. The van der Waals surface area contributed by atoms with Crippen LogP contribution in [0.5, 0.6) is 0 Å². The predicted molar refractivity (Wildman–Crippen MR) is 69.9 cm³/mol. The number of fused-ring (bicyclic) bond motifs is 1. The number of amides is 1. The first kappa shape index (κ1) is 14.5. The highest BCUT2D eigenvalue weighted by Gasteiger charge is 2.30. The van der Waals surface area contributed by atoms with E-state index < -0.39 is 30.6 Å². The molecule has 0 saturated heterocycles. The topological polar surface area (TPSA) is 84.9 Å². The van der Waals surface area contributed by atoms with E-state index in [-0.39, 0.29) is 0 Å². The minimum Gasteiger partial charge on any atom is -0.467 e. The van der Waals surface area contributed by atoms with E-state index in [2.05, 4.69) is 10.1 Å². The highest BCUT2D eigenvalue weighted by atomic mass is 16.5. The summed E-state index contributed by atoms with van der Waals surface area (Å²) >= 11 is 0. The number of methoxy groups -OCH3 is 1. The normalized spacial score (nSPS) is 18.8. The number of carbonyl (C=O) groups is 2. The van der Waals surface area contributed by atoms with Crippen LogP contribution in [0.1, 0.15) is 17.2 Å². The lowest BCUT2D eigenvalue weighted by Crippen LogP contribution is -2.46. The lowest BCUT2D eigenvalue weighted by molar-refractivity contribution is -0.148. The van der Waals surface area contributed by atoms with Gasteiger partial charge in [-0.1, -0.05) is 24.3 Å². The minimum absolute atomic E-state index is 0.442. The van der Waals surface area contributed by atoms with Gasteiger partial charge in [0, 0.05) is 0 Å². The number of carbonyl (C=O) groups excluding carboxylic acids is 2. The van der Waals surface area contributed by atoms with Crippen molar-refractivity contribution >= 4 is 11.9 Å². The molecule has 6 nitrogen and oxygen atoms in total. The van der Waals surface area contributed by atoms with Crippen molar-refractivity contribution in [3.8, 4) is 0 Å². The average molecular weight is 279 g/mol. The van der Waals surface area contributed by atoms with E-state index in [1.807, 2.05) is 24.3 Å². The second-order valence-electron chi connectivity index (χ2n) is 4.47. The van der Waals surface area contributed by atoms with Crippen molar-refractivity contribution in [3.05, 3.63) is 35.4 Å². The monoisotopic (exact) mass is 279 g/mol. The van der Waals surface area contributed by atoms with Crippen molar-refractivity contribution < 1.29 is 24.2 Å². The highest BCUT2D eigenvalue weighted by Crippen LogP contribution is 2.27. The molecule has 0 bridgehead atoms. The maximum atomic E-state index is 12.2. The van der Waals surface area contributed by atoms with Crippen LogP contribution in [0, 0.1) is 0 Å². The quantitative estimate of drug-likeness (QED) is 0.755. The Morgan fingerprint density at radius 2 is 2.25 bits per heavy atom. The molecular formula is C14H17NO5. The number of nitrogens with one attached hydrogen (secondary N) is 1. The lowest BCUT2D eigenvalue weighted by Gasteiger charge is -2.26. The van der Waals surface area contributed by atoms with E-state index >= 15 is 0 Å². The first-order valence-corrected chi connectivity index (χ1v) is 6.36. The molecule has 1 aliphatic rings. The Hall–Kier alpha value is -1.92. The maximum Gasteiger partial charge on any atom is 0.330 e. The fraction of sp³-hybridized carbons (Fsp3) is 0.429. The molecule has 1 amide bonds. The number of ether oxygens (including phenoxy) is 2. The Balaban J connectivity index is 2.12. The largest absolute Gasteiger partial charge is 0.467 e. The Bertz CT molecular complexity index is 502. The van der Waals surface area contributed by atoms with Crippen molar-refractivity contribution in [3.63, 3.8) is 0 Å². The van der Waals surface area contributed by atoms with Crippen molar-refractivity contribution in [2.24, 2.45) is 0 Å². The summed E-state index contributed by atoms with van der Waals surface area (Å²) in [6.07, 6.45) is -0.0148. The van der Waals surface area contributed by atoms with E-state index in [0.29, 0.717) is 6.61 Å². The summed E-state index contributed by atoms with van der Waals surface area (Å²) in [5, 5.41) is 11.6. The Morgan fingerprint density at radius 3 is 2.95 bits per heavy atom. The molecule has 2 unspecified atom stereocenters. The van der Waals surface area contributed by atoms with Crippen molar-refractivity contribution in [1.29, 1.82) is 0 Å². The molecule has 6 heteroatoms. The molecule has 0 radical (unpaired) electrons. The van der Waals surface area contributed by atoms with Crippen LogP contribution in [0.2, 0.25) is 0 Å². The molecule has 1 aliphatic heterocycles. The molecule has 108 valence electrons. The van der Waals surface area contributed by atoms with E-state index in [0.717, 1.165) is 17.5 Å². The first-order chi connectivity index (χ1) is 9.67. The second-order valence-corrected chi connectivity index (χ2v) is 4.47. The van der Waals surface area contributed by atoms with Gasteiger partial charge in [-0.05, 0) is 17.5 Å². The fourth-order valence-electron chi connectivity index (χ4n) is 2.18. The van der Waals surface area contributed by atoms with E-state index in [4.69, 9.17) is 9.84 Å². The summed E-state index contributed by atoms with van der Waals surface area (Å²) in [5.41, 5.74) is 1.84. The van der Waals surface area contributed by atoms with Gasteiger partial charge in [-0.3, -0.25) is 4.79 Å². The van der Waals surface area contributed by atoms with Crippen LogP contribution in [-0.2, 0) is 25.5 Å². The van der Waals surface area contributed by atoms with Gasteiger partial charge < -0.3 is 19.9 Å². The molecule has 0 fully saturated rings.